The highest BCUT2D eigenvalue weighted by Gasteiger charge is 2.49. The molecule has 1 aromatic carbocycles. The van der Waals surface area contributed by atoms with Crippen molar-refractivity contribution in [2.45, 2.75) is 25.1 Å². The van der Waals surface area contributed by atoms with Gasteiger partial charge in [0.05, 0.1) is 5.02 Å². The van der Waals surface area contributed by atoms with Crippen molar-refractivity contribution in [3.05, 3.63) is 40.7 Å². The van der Waals surface area contributed by atoms with Crippen molar-refractivity contribution in [2.24, 2.45) is 0 Å². The summed E-state index contributed by atoms with van der Waals surface area (Å²) in [5, 5.41) is 10.8. The maximum absolute atomic E-state index is 12.7. The number of carbonyl (C=O) groups is 2. The number of alkyl halides is 1. The van der Waals surface area contributed by atoms with Gasteiger partial charge in [-0.1, -0.05) is 18.5 Å². The molecule has 2 heterocycles. The van der Waals surface area contributed by atoms with Crippen molar-refractivity contribution < 1.29 is 24.2 Å². The van der Waals surface area contributed by atoms with Crippen LogP contribution < -0.4 is 9.47 Å². The molecule has 3 rings (SSSR count). The zero-order valence-electron chi connectivity index (χ0n) is 12.5. The molecule has 0 saturated carbocycles. The van der Waals surface area contributed by atoms with Crippen LogP contribution in [0.5, 0.6) is 11.5 Å². The van der Waals surface area contributed by atoms with E-state index in [0.717, 1.165) is 6.42 Å². The van der Waals surface area contributed by atoms with E-state index < -0.39 is 11.2 Å². The van der Waals surface area contributed by atoms with E-state index in [1.54, 1.807) is 10.7 Å². The molecule has 0 radical (unpaired) electrons. The fourth-order valence-corrected chi connectivity index (χ4v) is 2.73. The summed E-state index contributed by atoms with van der Waals surface area (Å²) < 4.78 is 11.8. The SMILES string of the molecule is CCCn1nccc1C(=O)c1cc(Cl)c2c(c1)OC(Cl)(C(=O)O)O2. The minimum Gasteiger partial charge on any atom is -0.474 e. The Morgan fingerprint density at radius 2 is 2.12 bits per heavy atom. The fourth-order valence-electron chi connectivity index (χ4n) is 2.32. The molecule has 9 heteroatoms. The number of aryl methyl sites for hydroxylation is 1. The van der Waals surface area contributed by atoms with Gasteiger partial charge in [0, 0.05) is 18.3 Å². The third-order valence-electron chi connectivity index (χ3n) is 3.39. The Morgan fingerprint density at radius 1 is 1.38 bits per heavy atom. The third-order valence-corrected chi connectivity index (χ3v) is 3.98. The average molecular weight is 371 g/mol. The van der Waals surface area contributed by atoms with Crippen molar-refractivity contribution in [1.82, 2.24) is 9.78 Å². The smallest absolute Gasteiger partial charge is 0.436 e. The number of aromatic nitrogens is 2. The second-order valence-electron chi connectivity index (χ2n) is 5.10. The van der Waals surface area contributed by atoms with Crippen molar-refractivity contribution in [3.63, 3.8) is 0 Å². The van der Waals surface area contributed by atoms with Crippen LogP contribution in [0.1, 0.15) is 29.4 Å². The fraction of sp³-hybridized carbons (Fsp3) is 0.267. The van der Waals surface area contributed by atoms with Gasteiger partial charge in [-0.3, -0.25) is 9.48 Å². The van der Waals surface area contributed by atoms with Gasteiger partial charge in [0.25, 0.3) is 0 Å². The van der Waals surface area contributed by atoms with Gasteiger partial charge in [-0.15, -0.1) is 0 Å². The van der Waals surface area contributed by atoms with Crippen LogP contribution in [0, 0.1) is 0 Å². The van der Waals surface area contributed by atoms with Crippen LogP contribution >= 0.6 is 23.2 Å². The highest BCUT2D eigenvalue weighted by atomic mass is 35.5. The Morgan fingerprint density at radius 3 is 2.79 bits per heavy atom. The number of ketones is 1. The monoisotopic (exact) mass is 370 g/mol. The number of benzene rings is 1. The van der Waals surface area contributed by atoms with E-state index in [-0.39, 0.29) is 27.9 Å². The molecular formula is C15H12Cl2N2O5. The number of carbonyl (C=O) groups excluding carboxylic acids is 1. The number of aliphatic carboxylic acids is 1. The molecular weight excluding hydrogens is 359 g/mol. The molecule has 24 heavy (non-hydrogen) atoms. The number of carboxylic acids is 1. The summed E-state index contributed by atoms with van der Waals surface area (Å²) in [7, 11) is 0. The zero-order chi connectivity index (χ0) is 17.5. The van der Waals surface area contributed by atoms with E-state index in [1.165, 1.54) is 18.3 Å². The van der Waals surface area contributed by atoms with Crippen LogP contribution in [0.3, 0.4) is 0 Å². The number of carboxylic acid groups (broad SMARTS) is 1. The maximum atomic E-state index is 12.7. The van der Waals surface area contributed by atoms with Crippen LogP contribution in [0.15, 0.2) is 24.4 Å². The average Bonchev–Trinajstić information content (AvgIpc) is 3.11. The third kappa shape index (κ3) is 2.70. The number of hydrogen-bond acceptors (Lipinski definition) is 5. The zero-order valence-corrected chi connectivity index (χ0v) is 14.0. The van der Waals surface area contributed by atoms with Crippen molar-refractivity contribution in [1.29, 1.82) is 0 Å². The highest BCUT2D eigenvalue weighted by molar-refractivity contribution is 6.34. The lowest BCUT2D eigenvalue weighted by molar-refractivity contribution is -0.161. The van der Waals surface area contributed by atoms with Crippen molar-refractivity contribution in [2.75, 3.05) is 0 Å². The Labute approximate surface area is 146 Å². The first kappa shape index (κ1) is 16.6. The van der Waals surface area contributed by atoms with Gasteiger partial charge in [0.2, 0.25) is 5.78 Å². The first-order chi connectivity index (χ1) is 11.4. The van der Waals surface area contributed by atoms with E-state index >= 15 is 0 Å². The maximum Gasteiger partial charge on any atom is 0.436 e. The topological polar surface area (TPSA) is 90.7 Å². The molecule has 0 aliphatic carbocycles. The lowest BCUT2D eigenvalue weighted by atomic mass is 10.1. The molecule has 1 aliphatic rings. The molecule has 2 aromatic rings. The Hall–Kier alpha value is -2.25. The van der Waals surface area contributed by atoms with Gasteiger partial charge < -0.3 is 14.6 Å². The van der Waals surface area contributed by atoms with Crippen LogP contribution in [0.25, 0.3) is 0 Å². The predicted molar refractivity (Wildman–Crippen MR) is 84.9 cm³/mol. The van der Waals surface area contributed by atoms with Gasteiger partial charge in [0.1, 0.15) is 5.69 Å². The van der Waals surface area contributed by atoms with E-state index in [2.05, 4.69) is 5.10 Å². The van der Waals surface area contributed by atoms with Crippen LogP contribution in [-0.4, -0.2) is 31.9 Å². The predicted octanol–water partition coefficient (Wildman–Crippen LogP) is 2.93. The standard InChI is InChI=1S/C15H12Cl2N2O5/c1-2-5-19-10(3-4-18-19)12(20)8-6-9(16)13-11(7-8)23-15(17,24-13)14(21)22/h3-4,6-7H,2,5H2,1H3,(H,21,22). The molecule has 1 aliphatic heterocycles. The molecule has 126 valence electrons. The lowest BCUT2D eigenvalue weighted by Gasteiger charge is -2.13. The van der Waals surface area contributed by atoms with Crippen LogP contribution in [0.4, 0.5) is 0 Å². The van der Waals surface area contributed by atoms with Gasteiger partial charge in [-0.25, -0.2) is 4.79 Å². The summed E-state index contributed by atoms with van der Waals surface area (Å²) in [6.07, 6.45) is 2.35. The van der Waals surface area contributed by atoms with Gasteiger partial charge >= 0.3 is 11.2 Å². The number of hydrogen-bond donors (Lipinski definition) is 1. The molecule has 0 fully saturated rings. The number of fused-ring (bicyclic) bond motifs is 1. The van der Waals surface area contributed by atoms with Crippen molar-refractivity contribution in [3.8, 4) is 11.5 Å². The van der Waals surface area contributed by atoms with Gasteiger partial charge in [0.15, 0.2) is 11.5 Å². The highest BCUT2D eigenvalue weighted by Crippen LogP contribution is 2.46. The lowest BCUT2D eigenvalue weighted by Crippen LogP contribution is -2.40. The van der Waals surface area contributed by atoms with Gasteiger partial charge in [-0.05, 0) is 36.2 Å². The minimum atomic E-state index is -2.39. The van der Waals surface area contributed by atoms with Crippen LogP contribution in [-0.2, 0) is 11.3 Å². The first-order valence-electron chi connectivity index (χ1n) is 7.06. The summed E-state index contributed by atoms with van der Waals surface area (Å²) in [5.74, 6) is -1.88. The van der Waals surface area contributed by atoms with Crippen molar-refractivity contribution >= 4 is 35.0 Å². The minimum absolute atomic E-state index is 0.00944. The van der Waals surface area contributed by atoms with E-state index in [9.17, 15) is 9.59 Å². The Balaban J connectivity index is 1.98. The number of halogens is 2. The molecule has 0 spiro atoms. The number of ether oxygens (including phenoxy) is 2. The van der Waals surface area contributed by atoms with Crippen LogP contribution in [0.2, 0.25) is 5.02 Å². The summed E-state index contributed by atoms with van der Waals surface area (Å²) >= 11 is 11.8. The van der Waals surface area contributed by atoms with E-state index in [4.69, 9.17) is 37.8 Å². The van der Waals surface area contributed by atoms with Gasteiger partial charge in [-0.2, -0.15) is 5.10 Å². The summed E-state index contributed by atoms with van der Waals surface area (Å²) in [6, 6.07) is 4.32. The summed E-state index contributed by atoms with van der Waals surface area (Å²) in [4.78, 5) is 23.8. The number of rotatable bonds is 5. The molecule has 0 bridgehead atoms. The summed E-state index contributed by atoms with van der Waals surface area (Å²) in [6.45, 7) is 2.56. The first-order valence-corrected chi connectivity index (χ1v) is 7.81. The quantitative estimate of drug-likeness (QED) is 0.642. The molecule has 1 N–H and O–H groups in total. The molecule has 1 atom stereocenters. The molecule has 0 saturated heterocycles. The Kier molecular flexibility index (Phi) is 4.15. The Bertz CT molecular complexity index is 835. The molecule has 1 aromatic heterocycles. The number of nitrogens with zero attached hydrogens (tertiary/aromatic N) is 2. The molecule has 1 unspecified atom stereocenters. The largest absolute Gasteiger partial charge is 0.474 e. The molecule has 0 amide bonds. The van der Waals surface area contributed by atoms with E-state index in [1.807, 2.05) is 6.92 Å². The van der Waals surface area contributed by atoms with E-state index in [0.29, 0.717) is 12.2 Å². The summed E-state index contributed by atoms with van der Waals surface area (Å²) in [5.41, 5.74) is 0.605. The normalized spacial score (nSPS) is 18.6. The second-order valence-corrected chi connectivity index (χ2v) is 6.00. The second kappa shape index (κ2) is 5.99. The molecule has 7 nitrogen and oxygen atoms in total.